The van der Waals surface area contributed by atoms with E-state index in [1.807, 2.05) is 20.8 Å². The van der Waals surface area contributed by atoms with E-state index in [0.29, 0.717) is 29.1 Å². The number of likely N-dealkylation sites (N-methyl/N-ethyl adjacent to an activating group) is 1. The van der Waals surface area contributed by atoms with E-state index in [0.717, 1.165) is 17.7 Å². The minimum Gasteiger partial charge on any atom is -0.340 e. The Morgan fingerprint density at radius 2 is 2.00 bits per heavy atom. The maximum absolute atomic E-state index is 13.4. The van der Waals surface area contributed by atoms with Crippen molar-refractivity contribution < 1.29 is 18.0 Å². The number of carbonyl (C=O) groups excluding carboxylic acids is 1. The number of dihydropyridines is 1. The van der Waals surface area contributed by atoms with Gasteiger partial charge in [0, 0.05) is 12.6 Å². The number of benzene rings is 1. The van der Waals surface area contributed by atoms with Crippen LogP contribution in [0.5, 0.6) is 0 Å². The molecule has 0 saturated heterocycles. The summed E-state index contributed by atoms with van der Waals surface area (Å²) in [6.45, 7) is 5.95. The van der Waals surface area contributed by atoms with Crippen LogP contribution in [0.25, 0.3) is 0 Å². The van der Waals surface area contributed by atoms with Crippen LogP contribution in [-0.4, -0.2) is 29.9 Å². The lowest BCUT2D eigenvalue weighted by atomic mass is 9.64. The average molecular weight is 390 g/mol. The van der Waals surface area contributed by atoms with E-state index in [-0.39, 0.29) is 12.5 Å². The lowest BCUT2D eigenvalue weighted by molar-refractivity contribution is -0.137. The third kappa shape index (κ3) is 2.23. The zero-order valence-corrected chi connectivity index (χ0v) is 16.1. The normalized spacial score (nSPS) is 26.0. The third-order valence-corrected chi connectivity index (χ3v) is 6.30. The van der Waals surface area contributed by atoms with Gasteiger partial charge < -0.3 is 10.2 Å². The van der Waals surface area contributed by atoms with Crippen LogP contribution in [0, 0.1) is 0 Å². The minimum absolute atomic E-state index is 0.190. The number of nitrogens with one attached hydrogen (secondary N) is 1. The van der Waals surface area contributed by atoms with Crippen molar-refractivity contribution in [1.82, 2.24) is 10.2 Å². The molecular weight excluding hydrogens is 369 g/mol. The summed E-state index contributed by atoms with van der Waals surface area (Å²) in [4.78, 5) is 14.9. The Morgan fingerprint density at radius 3 is 2.64 bits per heavy atom. The fourth-order valence-electron chi connectivity index (χ4n) is 4.51. The molecule has 3 heterocycles. The number of halogens is 3. The van der Waals surface area contributed by atoms with Crippen LogP contribution in [0.4, 0.5) is 13.2 Å². The molecule has 148 valence electrons. The first-order valence-corrected chi connectivity index (χ1v) is 9.14. The van der Waals surface area contributed by atoms with E-state index in [4.69, 9.17) is 0 Å². The van der Waals surface area contributed by atoms with Crippen molar-refractivity contribution in [2.45, 2.75) is 44.3 Å². The van der Waals surface area contributed by atoms with Gasteiger partial charge in [-0.1, -0.05) is 25.1 Å². The summed E-state index contributed by atoms with van der Waals surface area (Å²) in [6, 6.07) is 5.27. The van der Waals surface area contributed by atoms with Crippen molar-refractivity contribution in [1.29, 1.82) is 0 Å². The Balaban J connectivity index is 2.03. The predicted molar refractivity (Wildman–Crippen MR) is 97.2 cm³/mol. The van der Waals surface area contributed by atoms with E-state index < -0.39 is 22.7 Å². The number of hydrogen-bond donors (Lipinski definition) is 1. The topological polar surface area (TPSA) is 57.1 Å². The van der Waals surface area contributed by atoms with Gasteiger partial charge in [0.15, 0.2) is 5.82 Å². The van der Waals surface area contributed by atoms with Crippen molar-refractivity contribution in [3.63, 3.8) is 0 Å². The lowest BCUT2D eigenvalue weighted by Gasteiger charge is -2.40. The smallest absolute Gasteiger partial charge is 0.340 e. The molecule has 3 aliphatic heterocycles. The Morgan fingerprint density at radius 1 is 1.29 bits per heavy atom. The summed E-state index contributed by atoms with van der Waals surface area (Å²) < 4.78 is 40.2. The van der Waals surface area contributed by atoms with Gasteiger partial charge in [0.25, 0.3) is 5.91 Å². The standard InChI is InChI=1S/C20H21F3N4O/c1-5-19(11-7-6-8-12(9-11)20(21,22)23)13-10-24-26-16(13)25-15-14(19)17(28)27(4)18(15,2)3/h6-9,25H,5,10H2,1-4H3/t19-/m1/s1. The van der Waals surface area contributed by atoms with E-state index in [1.165, 1.54) is 6.07 Å². The second-order valence-corrected chi connectivity index (χ2v) is 7.86. The molecule has 8 heteroatoms. The average Bonchev–Trinajstić information content (AvgIpc) is 3.19. The summed E-state index contributed by atoms with van der Waals surface area (Å²) >= 11 is 0. The molecule has 0 saturated carbocycles. The number of nitrogens with zero attached hydrogens (tertiary/aromatic N) is 3. The van der Waals surface area contributed by atoms with Crippen molar-refractivity contribution in [2.24, 2.45) is 10.2 Å². The highest BCUT2D eigenvalue weighted by molar-refractivity contribution is 6.02. The molecule has 0 unspecified atom stereocenters. The van der Waals surface area contributed by atoms with Gasteiger partial charge in [0.05, 0.1) is 34.3 Å². The second kappa shape index (κ2) is 5.68. The molecular formula is C20H21F3N4O. The second-order valence-electron chi connectivity index (χ2n) is 7.86. The molecule has 0 radical (unpaired) electrons. The molecule has 1 aromatic rings. The number of carbonyl (C=O) groups is 1. The number of azo groups is 1. The van der Waals surface area contributed by atoms with Crippen LogP contribution in [0.2, 0.25) is 0 Å². The zero-order valence-electron chi connectivity index (χ0n) is 16.1. The maximum atomic E-state index is 13.4. The first kappa shape index (κ1) is 18.7. The Kier molecular flexibility index (Phi) is 3.80. The molecule has 0 aromatic heterocycles. The summed E-state index contributed by atoms with van der Waals surface area (Å²) in [5, 5.41) is 11.5. The number of amides is 1. The molecule has 0 aliphatic carbocycles. The Hall–Kier alpha value is -2.64. The van der Waals surface area contributed by atoms with E-state index in [2.05, 4.69) is 15.5 Å². The molecule has 1 atom stereocenters. The summed E-state index contributed by atoms with van der Waals surface area (Å²) in [5.74, 6) is 0.347. The van der Waals surface area contributed by atoms with Crippen LogP contribution in [-0.2, 0) is 16.4 Å². The van der Waals surface area contributed by atoms with Gasteiger partial charge in [-0.2, -0.15) is 18.3 Å². The minimum atomic E-state index is -4.47. The van der Waals surface area contributed by atoms with Crippen LogP contribution >= 0.6 is 0 Å². The molecule has 1 N–H and O–H groups in total. The zero-order chi connectivity index (χ0) is 20.5. The van der Waals surface area contributed by atoms with Gasteiger partial charge in [-0.15, -0.1) is 5.11 Å². The largest absolute Gasteiger partial charge is 0.416 e. The van der Waals surface area contributed by atoms with Gasteiger partial charge in [-0.25, -0.2) is 0 Å². The quantitative estimate of drug-likeness (QED) is 0.825. The van der Waals surface area contributed by atoms with Gasteiger partial charge >= 0.3 is 6.18 Å². The molecule has 3 aliphatic rings. The summed E-state index contributed by atoms with van der Waals surface area (Å²) in [7, 11) is 1.71. The highest BCUT2D eigenvalue weighted by Crippen LogP contribution is 2.54. The van der Waals surface area contributed by atoms with Gasteiger partial charge in [-0.3, -0.25) is 4.79 Å². The first-order chi connectivity index (χ1) is 13.0. The van der Waals surface area contributed by atoms with Crippen LogP contribution in [0.15, 0.2) is 57.2 Å². The third-order valence-electron chi connectivity index (χ3n) is 6.30. The van der Waals surface area contributed by atoms with Crippen molar-refractivity contribution in [2.75, 3.05) is 13.6 Å². The molecule has 4 rings (SSSR count). The van der Waals surface area contributed by atoms with Crippen LogP contribution in [0.3, 0.4) is 0 Å². The SMILES string of the molecule is CC[C@@]1(c2cccc(C(F)(F)F)c2)C2=C(N=NC2)NC2=C1C(=O)N(C)C2(C)C. The van der Waals surface area contributed by atoms with Gasteiger partial charge in [-0.05, 0) is 31.9 Å². The van der Waals surface area contributed by atoms with Gasteiger partial charge in [0.1, 0.15) is 0 Å². The molecule has 28 heavy (non-hydrogen) atoms. The molecule has 0 spiro atoms. The Bertz CT molecular complexity index is 974. The fourth-order valence-corrected chi connectivity index (χ4v) is 4.51. The van der Waals surface area contributed by atoms with Crippen molar-refractivity contribution in [3.05, 3.63) is 58.1 Å². The van der Waals surface area contributed by atoms with Crippen molar-refractivity contribution in [3.8, 4) is 0 Å². The molecule has 1 amide bonds. The fraction of sp³-hybridized carbons (Fsp3) is 0.450. The molecule has 0 bridgehead atoms. The summed E-state index contributed by atoms with van der Waals surface area (Å²) in [6.07, 6.45) is -4.04. The number of alkyl halides is 3. The number of hydrogen-bond acceptors (Lipinski definition) is 4. The maximum Gasteiger partial charge on any atom is 0.416 e. The van der Waals surface area contributed by atoms with Crippen LogP contribution in [0.1, 0.15) is 38.3 Å². The molecule has 0 fully saturated rings. The first-order valence-electron chi connectivity index (χ1n) is 9.14. The number of rotatable bonds is 2. The highest BCUT2D eigenvalue weighted by Gasteiger charge is 2.57. The van der Waals surface area contributed by atoms with E-state index in [1.54, 1.807) is 18.0 Å². The van der Waals surface area contributed by atoms with E-state index in [9.17, 15) is 18.0 Å². The molecule has 1 aromatic carbocycles. The predicted octanol–water partition coefficient (Wildman–Crippen LogP) is 4.14. The van der Waals surface area contributed by atoms with E-state index >= 15 is 0 Å². The van der Waals surface area contributed by atoms with Gasteiger partial charge in [0.2, 0.25) is 0 Å². The summed E-state index contributed by atoms with van der Waals surface area (Å²) in [5.41, 5.74) is -0.00631. The highest BCUT2D eigenvalue weighted by atomic mass is 19.4. The van der Waals surface area contributed by atoms with Crippen molar-refractivity contribution >= 4 is 5.91 Å². The monoisotopic (exact) mass is 390 g/mol. The Labute approximate surface area is 161 Å². The molecule has 5 nitrogen and oxygen atoms in total. The van der Waals surface area contributed by atoms with Crippen LogP contribution < -0.4 is 5.32 Å². The lowest BCUT2D eigenvalue weighted by Crippen LogP contribution is -2.43.